The molecule has 0 aliphatic carbocycles. The summed E-state index contributed by atoms with van der Waals surface area (Å²) in [7, 11) is 0. The lowest BCUT2D eigenvalue weighted by Crippen LogP contribution is -1.94. The van der Waals surface area contributed by atoms with E-state index in [-0.39, 0.29) is 135 Å². The maximum atomic E-state index is 9.83. The van der Waals surface area contributed by atoms with Crippen LogP contribution in [0.5, 0.6) is 0 Å². The van der Waals surface area contributed by atoms with Gasteiger partial charge in [0.05, 0.1) is 48.1 Å². The zero-order chi connectivity index (χ0) is 54.0. The lowest BCUT2D eigenvalue weighted by molar-refractivity contribution is 1.18. The van der Waals surface area contributed by atoms with E-state index >= 15 is 0 Å². The molecule has 0 amide bonds. The summed E-state index contributed by atoms with van der Waals surface area (Å²) in [4.78, 5) is 0. The highest BCUT2D eigenvalue weighted by molar-refractivity contribution is 7.25. The first-order valence-corrected chi connectivity index (χ1v) is 18.8. The van der Waals surface area contributed by atoms with Crippen LogP contribution in [0.3, 0.4) is 0 Å². The number of hydrogen-bond donors (Lipinski definition) is 0. The van der Waals surface area contributed by atoms with Crippen molar-refractivity contribution >= 4 is 75.1 Å². The van der Waals surface area contributed by atoms with Gasteiger partial charge in [-0.25, -0.2) is 0 Å². The minimum Gasteiger partial charge on any atom is -0.309 e. The highest BCUT2D eigenvalue weighted by Crippen LogP contribution is 2.43. The molecular weight excluding hydrogens is 709 g/mol. The van der Waals surface area contributed by atoms with Gasteiger partial charge in [-0.05, 0) is 93.9 Å². The SMILES string of the molecule is [2H]c1cc([2H])c(-c2c([2H])c([2H])c3c(sc4cc(-n5c6c([2H])c([2H])c(-c7c([2H])c([2H])c([2H])c8c7c7cc([2H])c([2H])c([2H])c7n8-c7ccc(-c8ccccc8)cc7)cc6c6c([2H])c([2H])c([2H])c([2H])c65)cc([2H])c43)c2[2H])cc1[2H]. The van der Waals surface area contributed by atoms with Crippen molar-refractivity contribution < 1.29 is 26.0 Å². The lowest BCUT2D eigenvalue weighted by atomic mass is 9.98. The Kier molecular flexibility index (Phi) is 4.14. The number of hydrogen-bond acceptors (Lipinski definition) is 1. The van der Waals surface area contributed by atoms with E-state index in [4.69, 9.17) is 12.3 Å². The molecule has 0 aliphatic heterocycles. The van der Waals surface area contributed by atoms with Gasteiger partial charge in [0.1, 0.15) is 0 Å². The van der Waals surface area contributed by atoms with Gasteiger partial charge in [-0.1, -0.05) is 145 Å². The zero-order valence-electron chi connectivity index (χ0n) is 48.5. The smallest absolute Gasteiger partial charge is 0.0645 e. The van der Waals surface area contributed by atoms with Crippen molar-refractivity contribution in [1.82, 2.24) is 9.13 Å². The van der Waals surface area contributed by atoms with Crippen LogP contribution in [0, 0.1) is 0 Å². The van der Waals surface area contributed by atoms with Crippen LogP contribution in [0.2, 0.25) is 0 Å². The van der Waals surface area contributed by atoms with E-state index in [9.17, 15) is 13.7 Å². The van der Waals surface area contributed by atoms with Gasteiger partial charge in [-0.2, -0.15) is 0 Å². The van der Waals surface area contributed by atoms with Crippen molar-refractivity contribution in [1.29, 1.82) is 0 Å². The molecule has 2 nitrogen and oxygen atoms in total. The first-order valence-electron chi connectivity index (χ1n) is 27.4. The zero-order valence-corrected chi connectivity index (χ0v) is 30.3. The molecule has 3 heterocycles. The maximum absolute atomic E-state index is 9.83. The number of thiophene rings is 1. The van der Waals surface area contributed by atoms with Crippen molar-refractivity contribution in [2.45, 2.75) is 0 Å². The predicted octanol–water partition coefficient (Wildman–Crippen LogP) is 15.2. The van der Waals surface area contributed by atoms with Gasteiger partial charge < -0.3 is 9.13 Å². The Morgan fingerprint density at radius 1 is 0.368 bits per heavy atom. The van der Waals surface area contributed by atoms with Gasteiger partial charge in [0, 0.05) is 53.1 Å². The molecule has 0 unspecified atom stereocenters. The van der Waals surface area contributed by atoms with Gasteiger partial charge in [-0.3, -0.25) is 0 Å². The summed E-state index contributed by atoms with van der Waals surface area (Å²) >= 11 is 1.000. The molecule has 0 spiro atoms. The molecule has 9 aromatic carbocycles. The van der Waals surface area contributed by atoms with Gasteiger partial charge in [0.15, 0.2) is 0 Å². The van der Waals surface area contributed by atoms with Crippen molar-refractivity contribution in [2.75, 3.05) is 0 Å². The molecule has 57 heavy (non-hydrogen) atoms. The molecule has 0 aliphatic rings. The van der Waals surface area contributed by atoms with E-state index in [1.54, 1.807) is 18.2 Å². The molecule has 0 N–H and O–H groups in total. The first-order chi connectivity index (χ1) is 36.1. The summed E-state index contributed by atoms with van der Waals surface area (Å²) < 4.78 is 176. The van der Waals surface area contributed by atoms with Crippen LogP contribution in [0.15, 0.2) is 206 Å². The number of rotatable bonds is 5. The minimum atomic E-state index is -0.625. The largest absolute Gasteiger partial charge is 0.309 e. The molecule has 0 radical (unpaired) electrons. The summed E-state index contributed by atoms with van der Waals surface area (Å²) in [6.45, 7) is 0. The average molecular weight is 762 g/mol. The second kappa shape index (κ2) is 12.7. The monoisotopic (exact) mass is 761 g/mol. The van der Waals surface area contributed by atoms with Crippen LogP contribution in [0.25, 0.3) is 109 Å². The van der Waals surface area contributed by atoms with Crippen molar-refractivity contribution in [3.63, 3.8) is 0 Å². The van der Waals surface area contributed by atoms with Gasteiger partial charge in [0.25, 0.3) is 0 Å². The lowest BCUT2D eigenvalue weighted by Gasteiger charge is -2.11. The molecule has 3 aromatic heterocycles. The fourth-order valence-corrected chi connectivity index (χ4v) is 8.80. The predicted molar refractivity (Wildman–Crippen MR) is 244 cm³/mol. The quantitative estimate of drug-likeness (QED) is 0.165. The van der Waals surface area contributed by atoms with Crippen LogP contribution < -0.4 is 0 Å². The Labute approximate surface area is 360 Å². The molecule has 12 aromatic rings. The molecule has 266 valence electrons. The summed E-state index contributed by atoms with van der Waals surface area (Å²) in [5.41, 5.74) is 1.84. The van der Waals surface area contributed by atoms with Gasteiger partial charge in [0.2, 0.25) is 0 Å². The Hall–Kier alpha value is -7.20. The minimum absolute atomic E-state index is 0.0142. The van der Waals surface area contributed by atoms with Crippen molar-refractivity contribution in [2.24, 2.45) is 0 Å². The topological polar surface area (TPSA) is 9.86 Å². The summed E-state index contributed by atoms with van der Waals surface area (Å²) in [5.74, 6) is 0. The van der Waals surface area contributed by atoms with Gasteiger partial charge >= 0.3 is 0 Å². The van der Waals surface area contributed by atoms with Crippen LogP contribution in [-0.4, -0.2) is 9.13 Å². The Balaban J connectivity index is 1.16. The second-order valence-corrected chi connectivity index (χ2v) is 14.5. The third kappa shape index (κ3) is 5.03. The number of benzene rings is 9. The number of para-hydroxylation sites is 2. The average Bonchev–Trinajstić information content (AvgIpc) is 4.08. The molecule has 3 heteroatoms. The Morgan fingerprint density at radius 3 is 2.02 bits per heavy atom. The third-order valence-corrected chi connectivity index (χ3v) is 11.4. The summed E-state index contributed by atoms with van der Waals surface area (Å²) in [6.07, 6.45) is 0. The molecule has 0 atom stereocenters. The second-order valence-electron chi connectivity index (χ2n) is 13.4. The van der Waals surface area contributed by atoms with E-state index in [1.165, 1.54) is 33.4 Å². The van der Waals surface area contributed by atoms with Crippen LogP contribution in [0.1, 0.15) is 26.0 Å². The Bertz CT molecular complexity index is 4620. The number of nitrogens with zero attached hydrogens (tertiary/aromatic N) is 2. The van der Waals surface area contributed by atoms with E-state index in [0.717, 1.165) is 28.5 Å². The highest BCUT2D eigenvalue weighted by atomic mass is 32.1. The van der Waals surface area contributed by atoms with E-state index in [1.807, 2.05) is 42.5 Å². The summed E-state index contributed by atoms with van der Waals surface area (Å²) in [5, 5.41) is 0.475. The highest BCUT2D eigenvalue weighted by Gasteiger charge is 2.19. The normalized spacial score (nSPS) is 16.5. The number of aromatic nitrogens is 2. The van der Waals surface area contributed by atoms with Crippen molar-refractivity contribution in [3.8, 4) is 44.8 Å². The molecule has 0 saturated heterocycles. The number of fused-ring (bicyclic) bond motifs is 9. The maximum Gasteiger partial charge on any atom is 0.0645 e. The standard InChI is InChI=1S/C54H34N2S/c1-3-12-35(13-4-1)37-22-26-40(27-23-37)55-49-20-10-8-17-46(49)54-42(18-11-21-51(54)55)39-25-31-50-47(32-39)43-16-7-9-19-48(43)56(50)41-28-30-45-44-29-24-38(36-14-5-2-6-15-36)33-52(44)57-53(45)34-41/h1-34H/i2D,5D,7D,8D,9D,10D,11D,15D,16D,18D,19D,20D,21D,24D,25D,29D,30D,31D,33D. The molecular formula is C54H34N2S. The van der Waals surface area contributed by atoms with E-state index < -0.39 is 66.5 Å². The molecule has 0 bridgehead atoms. The third-order valence-electron chi connectivity index (χ3n) is 10.3. The first kappa shape index (κ1) is 18.6. The van der Waals surface area contributed by atoms with E-state index in [2.05, 4.69) is 0 Å². The fourth-order valence-electron chi connectivity index (χ4n) is 7.73. The van der Waals surface area contributed by atoms with Gasteiger partial charge in [-0.15, -0.1) is 11.3 Å². The van der Waals surface area contributed by atoms with E-state index in [0.29, 0.717) is 10.4 Å². The van der Waals surface area contributed by atoms with Crippen molar-refractivity contribution in [3.05, 3.63) is 206 Å². The Morgan fingerprint density at radius 2 is 1.11 bits per heavy atom. The van der Waals surface area contributed by atoms with Crippen LogP contribution in [-0.2, 0) is 0 Å². The van der Waals surface area contributed by atoms with Crippen LogP contribution in [0.4, 0.5) is 0 Å². The fraction of sp³-hybridized carbons (Fsp3) is 0. The molecule has 0 saturated carbocycles. The van der Waals surface area contributed by atoms with Crippen LogP contribution >= 0.6 is 11.3 Å². The molecule has 12 rings (SSSR count). The molecule has 0 fully saturated rings. The summed E-state index contributed by atoms with van der Waals surface area (Å²) in [6, 6.07) is 16.8.